The fraction of sp³-hybridized carbons (Fsp3) is 0.0667. The summed E-state index contributed by atoms with van der Waals surface area (Å²) >= 11 is 0. The Hall–Kier alpha value is -2.49. The molecule has 0 aliphatic carbocycles. The predicted molar refractivity (Wildman–Crippen MR) is 71.0 cm³/mol. The molecule has 1 aromatic carbocycles. The van der Waals surface area contributed by atoms with Crippen molar-refractivity contribution < 1.29 is 4.39 Å². The molecular weight excluding hydrogens is 241 g/mol. The standard InChI is InChI=1S/C15H12FN3/c16-15-5-3-13(4-6-15)14-9-18-19(11-14)10-12-2-1-7-17-8-12/h1-9,11H,10H2. The molecule has 0 radical (unpaired) electrons. The van der Waals surface area contributed by atoms with E-state index in [9.17, 15) is 4.39 Å². The average Bonchev–Trinajstić information content (AvgIpc) is 2.89. The van der Waals surface area contributed by atoms with Gasteiger partial charge in [-0.05, 0) is 29.3 Å². The number of rotatable bonds is 3. The smallest absolute Gasteiger partial charge is 0.123 e. The van der Waals surface area contributed by atoms with E-state index in [-0.39, 0.29) is 5.82 Å². The molecule has 0 saturated carbocycles. The molecule has 0 saturated heterocycles. The first kappa shape index (κ1) is 11.6. The maximum atomic E-state index is 12.9. The lowest BCUT2D eigenvalue weighted by Crippen LogP contribution is -1.99. The number of benzene rings is 1. The average molecular weight is 253 g/mol. The highest BCUT2D eigenvalue weighted by Crippen LogP contribution is 2.18. The summed E-state index contributed by atoms with van der Waals surface area (Å²) in [4.78, 5) is 4.07. The van der Waals surface area contributed by atoms with Gasteiger partial charge in [-0.15, -0.1) is 0 Å². The summed E-state index contributed by atoms with van der Waals surface area (Å²) in [6, 6.07) is 10.3. The first-order chi connectivity index (χ1) is 9.31. The third kappa shape index (κ3) is 2.68. The van der Waals surface area contributed by atoms with E-state index in [0.29, 0.717) is 6.54 Å². The maximum Gasteiger partial charge on any atom is 0.123 e. The van der Waals surface area contributed by atoms with Crippen LogP contribution in [0.25, 0.3) is 11.1 Å². The van der Waals surface area contributed by atoms with E-state index in [0.717, 1.165) is 16.7 Å². The van der Waals surface area contributed by atoms with Crippen molar-refractivity contribution in [1.29, 1.82) is 0 Å². The molecule has 4 heteroatoms. The van der Waals surface area contributed by atoms with E-state index < -0.39 is 0 Å². The molecule has 0 atom stereocenters. The molecular formula is C15H12FN3. The van der Waals surface area contributed by atoms with Crippen LogP contribution in [-0.4, -0.2) is 14.8 Å². The zero-order valence-electron chi connectivity index (χ0n) is 10.2. The summed E-state index contributed by atoms with van der Waals surface area (Å²) in [5.74, 6) is -0.230. The summed E-state index contributed by atoms with van der Waals surface area (Å²) < 4.78 is 14.7. The van der Waals surface area contributed by atoms with Gasteiger partial charge in [0.15, 0.2) is 0 Å². The van der Waals surface area contributed by atoms with Crippen molar-refractivity contribution in [2.24, 2.45) is 0 Å². The van der Waals surface area contributed by atoms with Crippen LogP contribution >= 0.6 is 0 Å². The minimum atomic E-state index is -0.230. The molecule has 0 amide bonds. The van der Waals surface area contributed by atoms with Crippen molar-refractivity contribution >= 4 is 0 Å². The van der Waals surface area contributed by atoms with Gasteiger partial charge < -0.3 is 0 Å². The van der Waals surface area contributed by atoms with Crippen LogP contribution in [0.4, 0.5) is 4.39 Å². The molecule has 0 spiro atoms. The molecule has 0 aliphatic rings. The van der Waals surface area contributed by atoms with Crippen LogP contribution < -0.4 is 0 Å². The SMILES string of the molecule is Fc1ccc(-c2cnn(Cc3cccnc3)c2)cc1. The Morgan fingerprint density at radius 1 is 1.00 bits per heavy atom. The second-order valence-corrected chi connectivity index (χ2v) is 4.29. The lowest BCUT2D eigenvalue weighted by Gasteiger charge is -2.00. The van der Waals surface area contributed by atoms with Gasteiger partial charge in [-0.3, -0.25) is 9.67 Å². The Morgan fingerprint density at radius 3 is 2.58 bits per heavy atom. The molecule has 94 valence electrons. The van der Waals surface area contributed by atoms with Gasteiger partial charge in [0.05, 0.1) is 12.7 Å². The number of hydrogen-bond donors (Lipinski definition) is 0. The molecule has 0 N–H and O–H groups in total. The molecule has 0 bridgehead atoms. The first-order valence-electron chi connectivity index (χ1n) is 5.98. The van der Waals surface area contributed by atoms with Crippen LogP contribution in [0.5, 0.6) is 0 Å². The topological polar surface area (TPSA) is 30.7 Å². The summed E-state index contributed by atoms with van der Waals surface area (Å²) in [6.07, 6.45) is 7.29. The summed E-state index contributed by atoms with van der Waals surface area (Å²) in [6.45, 7) is 0.676. The van der Waals surface area contributed by atoms with E-state index >= 15 is 0 Å². The van der Waals surface area contributed by atoms with Crippen LogP contribution in [0.3, 0.4) is 0 Å². The van der Waals surface area contributed by atoms with Gasteiger partial charge in [0.2, 0.25) is 0 Å². The van der Waals surface area contributed by atoms with E-state index in [2.05, 4.69) is 10.1 Å². The third-order valence-corrected chi connectivity index (χ3v) is 2.88. The Bertz CT molecular complexity index is 659. The normalized spacial score (nSPS) is 10.6. The fourth-order valence-electron chi connectivity index (χ4n) is 1.92. The van der Waals surface area contributed by atoms with Gasteiger partial charge in [-0.1, -0.05) is 18.2 Å². The van der Waals surface area contributed by atoms with Gasteiger partial charge in [-0.25, -0.2) is 4.39 Å². The van der Waals surface area contributed by atoms with Crippen LogP contribution in [0, 0.1) is 5.82 Å². The number of pyridine rings is 1. The third-order valence-electron chi connectivity index (χ3n) is 2.88. The second-order valence-electron chi connectivity index (χ2n) is 4.29. The van der Waals surface area contributed by atoms with E-state index in [1.54, 1.807) is 24.5 Å². The van der Waals surface area contributed by atoms with Crippen molar-refractivity contribution in [3.05, 3.63) is 72.6 Å². The monoisotopic (exact) mass is 253 g/mol. The molecule has 0 unspecified atom stereocenters. The number of halogens is 1. The van der Waals surface area contributed by atoms with Crippen LogP contribution in [0.2, 0.25) is 0 Å². The van der Waals surface area contributed by atoms with E-state index in [1.165, 1.54) is 12.1 Å². The molecule has 3 nitrogen and oxygen atoms in total. The van der Waals surface area contributed by atoms with E-state index in [4.69, 9.17) is 0 Å². The summed E-state index contributed by atoms with van der Waals surface area (Å²) in [5, 5.41) is 4.31. The largest absolute Gasteiger partial charge is 0.268 e. The van der Waals surface area contributed by atoms with E-state index in [1.807, 2.05) is 29.2 Å². The molecule has 19 heavy (non-hydrogen) atoms. The second kappa shape index (κ2) is 5.02. The molecule has 3 rings (SSSR count). The molecule has 0 fully saturated rings. The van der Waals surface area contributed by atoms with Gasteiger partial charge >= 0.3 is 0 Å². The highest BCUT2D eigenvalue weighted by atomic mass is 19.1. The Balaban J connectivity index is 1.82. The lowest BCUT2D eigenvalue weighted by atomic mass is 10.1. The first-order valence-corrected chi connectivity index (χ1v) is 5.98. The van der Waals surface area contributed by atoms with Gasteiger partial charge in [0.25, 0.3) is 0 Å². The minimum Gasteiger partial charge on any atom is -0.268 e. The van der Waals surface area contributed by atoms with Crippen molar-refractivity contribution in [1.82, 2.24) is 14.8 Å². The molecule has 2 aromatic heterocycles. The maximum absolute atomic E-state index is 12.9. The Kier molecular flexibility index (Phi) is 3.06. The zero-order valence-corrected chi connectivity index (χ0v) is 10.2. The van der Waals surface area contributed by atoms with Crippen molar-refractivity contribution in [2.75, 3.05) is 0 Å². The number of hydrogen-bond acceptors (Lipinski definition) is 2. The quantitative estimate of drug-likeness (QED) is 0.718. The molecule has 0 aliphatic heterocycles. The number of nitrogens with zero attached hydrogens (tertiary/aromatic N) is 3. The van der Waals surface area contributed by atoms with Gasteiger partial charge in [0.1, 0.15) is 5.82 Å². The number of aromatic nitrogens is 3. The van der Waals surface area contributed by atoms with Gasteiger partial charge in [0, 0.05) is 24.2 Å². The minimum absolute atomic E-state index is 0.230. The highest BCUT2D eigenvalue weighted by molar-refractivity contribution is 5.61. The highest BCUT2D eigenvalue weighted by Gasteiger charge is 2.02. The molecule has 3 aromatic rings. The van der Waals surface area contributed by atoms with Crippen LogP contribution in [0.1, 0.15) is 5.56 Å². The summed E-state index contributed by atoms with van der Waals surface area (Å²) in [7, 11) is 0. The summed E-state index contributed by atoms with van der Waals surface area (Å²) in [5.41, 5.74) is 3.03. The predicted octanol–water partition coefficient (Wildman–Crippen LogP) is 3.13. The fourth-order valence-corrected chi connectivity index (χ4v) is 1.92. The van der Waals surface area contributed by atoms with Crippen molar-refractivity contribution in [3.63, 3.8) is 0 Å². The Morgan fingerprint density at radius 2 is 1.84 bits per heavy atom. The molecule has 2 heterocycles. The van der Waals surface area contributed by atoms with Crippen LogP contribution in [0.15, 0.2) is 61.2 Å². The van der Waals surface area contributed by atoms with Gasteiger partial charge in [-0.2, -0.15) is 5.10 Å². The van der Waals surface area contributed by atoms with Crippen LogP contribution in [-0.2, 0) is 6.54 Å². The van der Waals surface area contributed by atoms with Crippen molar-refractivity contribution in [3.8, 4) is 11.1 Å². The zero-order chi connectivity index (χ0) is 13.1. The Labute approximate surface area is 110 Å². The van der Waals surface area contributed by atoms with Crippen molar-refractivity contribution in [2.45, 2.75) is 6.54 Å². The lowest BCUT2D eigenvalue weighted by molar-refractivity contribution is 0.628.